The number of hydrogen-bond donors (Lipinski definition) is 2. The molecule has 0 unspecified atom stereocenters. The summed E-state index contributed by atoms with van der Waals surface area (Å²) >= 11 is 0. The highest BCUT2D eigenvalue weighted by atomic mass is 16.4. The average Bonchev–Trinajstić information content (AvgIpc) is 2.90. The highest BCUT2D eigenvalue weighted by molar-refractivity contribution is 5.93. The van der Waals surface area contributed by atoms with Gasteiger partial charge in [0.2, 0.25) is 0 Å². The maximum atomic E-state index is 11.1. The third kappa shape index (κ3) is 2.66. The van der Waals surface area contributed by atoms with Gasteiger partial charge in [0.1, 0.15) is 0 Å². The lowest BCUT2D eigenvalue weighted by Crippen LogP contribution is -2.00. The molecule has 0 amide bonds. The number of carbonyl (C=O) groups is 1. The zero-order valence-corrected chi connectivity index (χ0v) is 11.4. The van der Waals surface area contributed by atoms with Crippen molar-refractivity contribution in [2.75, 3.05) is 0 Å². The van der Waals surface area contributed by atoms with E-state index in [0.29, 0.717) is 6.54 Å². The molecular weight excluding hydrogens is 266 g/mol. The van der Waals surface area contributed by atoms with Crippen LogP contribution in [-0.4, -0.2) is 20.7 Å². The van der Waals surface area contributed by atoms with Crippen molar-refractivity contribution in [3.05, 3.63) is 71.4 Å². The van der Waals surface area contributed by atoms with E-state index in [2.05, 4.69) is 0 Å². The molecule has 3 rings (SSSR count). The molecule has 4 heteroatoms. The topological polar surface area (TPSA) is 62.5 Å². The highest BCUT2D eigenvalue weighted by Crippen LogP contribution is 2.19. The molecule has 0 saturated carbocycles. The molecule has 1 heterocycles. The average molecular weight is 281 g/mol. The van der Waals surface area contributed by atoms with Crippen molar-refractivity contribution in [1.29, 1.82) is 0 Å². The van der Waals surface area contributed by atoms with E-state index >= 15 is 0 Å². The van der Waals surface area contributed by atoms with Gasteiger partial charge in [0.25, 0.3) is 0 Å². The first-order valence-corrected chi connectivity index (χ1v) is 6.68. The molecule has 4 nitrogen and oxygen atoms in total. The van der Waals surface area contributed by atoms with Gasteiger partial charge in [-0.15, -0.1) is 0 Å². The van der Waals surface area contributed by atoms with Gasteiger partial charge in [-0.1, -0.05) is 30.3 Å². The largest absolute Gasteiger partial charge is 0.478 e. The van der Waals surface area contributed by atoms with Crippen LogP contribution in [0.2, 0.25) is 0 Å². The van der Waals surface area contributed by atoms with E-state index in [-0.39, 0.29) is 12.2 Å². The number of benzene rings is 2. The number of carboxylic acids is 1. The van der Waals surface area contributed by atoms with Gasteiger partial charge in [-0.2, -0.15) is 0 Å². The summed E-state index contributed by atoms with van der Waals surface area (Å²) in [6, 6.07) is 14.8. The summed E-state index contributed by atoms with van der Waals surface area (Å²) in [5, 5.41) is 19.2. The van der Waals surface area contributed by atoms with E-state index in [0.717, 1.165) is 22.0 Å². The molecule has 106 valence electrons. The molecule has 1 aromatic heterocycles. The zero-order chi connectivity index (χ0) is 14.8. The van der Waals surface area contributed by atoms with Crippen molar-refractivity contribution >= 4 is 16.9 Å². The fraction of sp³-hybridized carbons (Fsp3) is 0.118. The Bertz CT molecular complexity index is 787. The molecule has 3 aromatic rings. The zero-order valence-electron chi connectivity index (χ0n) is 11.4. The van der Waals surface area contributed by atoms with E-state index < -0.39 is 5.97 Å². The van der Waals surface area contributed by atoms with Crippen LogP contribution in [0.15, 0.2) is 54.7 Å². The number of hydrogen-bond acceptors (Lipinski definition) is 2. The summed E-state index contributed by atoms with van der Waals surface area (Å²) in [6.45, 7) is 0.701. The molecule has 0 aliphatic carbocycles. The smallest absolute Gasteiger partial charge is 0.335 e. The molecule has 2 N–H and O–H groups in total. The lowest BCUT2D eigenvalue weighted by atomic mass is 10.1. The maximum absolute atomic E-state index is 11.1. The molecule has 2 aromatic carbocycles. The van der Waals surface area contributed by atoms with E-state index in [1.165, 1.54) is 0 Å². The molecule has 0 aliphatic rings. The Morgan fingerprint density at radius 1 is 1.00 bits per heavy atom. The Hall–Kier alpha value is -2.59. The van der Waals surface area contributed by atoms with Crippen molar-refractivity contribution in [2.24, 2.45) is 0 Å². The number of nitrogens with zero attached hydrogens (tertiary/aromatic N) is 1. The van der Waals surface area contributed by atoms with Gasteiger partial charge in [-0.25, -0.2) is 4.79 Å². The molecule has 0 radical (unpaired) electrons. The van der Waals surface area contributed by atoms with Crippen LogP contribution in [0.25, 0.3) is 10.9 Å². The third-order valence-corrected chi connectivity index (χ3v) is 3.58. The SMILES string of the molecule is O=C(O)c1ccc2ccn(Cc3ccc(CO)cc3)c2c1. The predicted molar refractivity (Wildman–Crippen MR) is 80.4 cm³/mol. The van der Waals surface area contributed by atoms with Gasteiger partial charge in [-0.3, -0.25) is 0 Å². The molecule has 0 spiro atoms. The number of aromatic nitrogens is 1. The second-order valence-electron chi connectivity index (χ2n) is 5.00. The predicted octanol–water partition coefficient (Wildman–Crippen LogP) is 2.88. The lowest BCUT2D eigenvalue weighted by Gasteiger charge is -2.07. The van der Waals surface area contributed by atoms with Crippen molar-refractivity contribution in [3.8, 4) is 0 Å². The quantitative estimate of drug-likeness (QED) is 0.773. The number of aliphatic hydroxyl groups is 1. The summed E-state index contributed by atoms with van der Waals surface area (Å²) in [5.74, 6) is -0.919. The van der Waals surface area contributed by atoms with Crippen molar-refractivity contribution in [3.63, 3.8) is 0 Å². The first-order chi connectivity index (χ1) is 10.2. The molecule has 0 fully saturated rings. The van der Waals surface area contributed by atoms with E-state index in [1.807, 2.05) is 47.2 Å². The number of carboxylic acid groups (broad SMARTS) is 1. The van der Waals surface area contributed by atoms with Gasteiger partial charge < -0.3 is 14.8 Å². The normalized spacial score (nSPS) is 10.9. The first-order valence-electron chi connectivity index (χ1n) is 6.68. The number of fused-ring (bicyclic) bond motifs is 1. The van der Waals surface area contributed by atoms with Crippen LogP contribution in [0.1, 0.15) is 21.5 Å². The van der Waals surface area contributed by atoms with Gasteiger partial charge >= 0.3 is 5.97 Å². The molecular formula is C17H15NO3. The van der Waals surface area contributed by atoms with Crippen LogP contribution >= 0.6 is 0 Å². The van der Waals surface area contributed by atoms with Gasteiger partial charge in [0.15, 0.2) is 0 Å². The lowest BCUT2D eigenvalue weighted by molar-refractivity contribution is 0.0697. The molecule has 0 saturated heterocycles. The summed E-state index contributed by atoms with van der Waals surface area (Å²) in [4.78, 5) is 11.1. The Morgan fingerprint density at radius 3 is 2.38 bits per heavy atom. The fourth-order valence-electron chi connectivity index (χ4n) is 2.40. The van der Waals surface area contributed by atoms with E-state index in [1.54, 1.807) is 12.1 Å². The van der Waals surface area contributed by atoms with E-state index in [9.17, 15) is 4.79 Å². The third-order valence-electron chi connectivity index (χ3n) is 3.58. The second kappa shape index (κ2) is 5.42. The minimum atomic E-state index is -0.919. The maximum Gasteiger partial charge on any atom is 0.335 e. The number of aliphatic hydroxyl groups excluding tert-OH is 1. The molecule has 0 bridgehead atoms. The van der Waals surface area contributed by atoms with Crippen LogP contribution in [0.5, 0.6) is 0 Å². The number of aromatic carboxylic acids is 1. The van der Waals surface area contributed by atoms with Crippen LogP contribution in [0.4, 0.5) is 0 Å². The molecule has 21 heavy (non-hydrogen) atoms. The van der Waals surface area contributed by atoms with E-state index in [4.69, 9.17) is 10.2 Å². The molecule has 0 aliphatic heterocycles. The monoisotopic (exact) mass is 281 g/mol. The van der Waals surface area contributed by atoms with Crippen molar-refractivity contribution in [2.45, 2.75) is 13.2 Å². The Kier molecular flexibility index (Phi) is 3.46. The van der Waals surface area contributed by atoms with Gasteiger partial charge in [-0.05, 0) is 34.7 Å². The Balaban J connectivity index is 1.95. The minimum Gasteiger partial charge on any atom is -0.478 e. The van der Waals surface area contributed by atoms with Crippen LogP contribution < -0.4 is 0 Å². The van der Waals surface area contributed by atoms with Crippen molar-refractivity contribution in [1.82, 2.24) is 4.57 Å². The van der Waals surface area contributed by atoms with Gasteiger partial charge in [0, 0.05) is 18.3 Å². The summed E-state index contributed by atoms with van der Waals surface area (Å²) in [5.41, 5.74) is 3.17. The minimum absolute atomic E-state index is 0.0364. The van der Waals surface area contributed by atoms with Crippen LogP contribution in [0.3, 0.4) is 0 Å². The Morgan fingerprint density at radius 2 is 1.71 bits per heavy atom. The number of rotatable bonds is 4. The van der Waals surface area contributed by atoms with Crippen LogP contribution in [0, 0.1) is 0 Å². The summed E-state index contributed by atoms with van der Waals surface area (Å²) < 4.78 is 2.02. The Labute approximate surface area is 121 Å². The van der Waals surface area contributed by atoms with Crippen molar-refractivity contribution < 1.29 is 15.0 Å². The summed E-state index contributed by atoms with van der Waals surface area (Å²) in [7, 11) is 0. The first kappa shape index (κ1) is 13.4. The van der Waals surface area contributed by atoms with Crippen LogP contribution in [-0.2, 0) is 13.2 Å². The van der Waals surface area contributed by atoms with Gasteiger partial charge in [0.05, 0.1) is 12.2 Å². The highest BCUT2D eigenvalue weighted by Gasteiger charge is 2.07. The standard InChI is InChI=1S/C17H15NO3/c19-11-13-3-1-12(2-4-13)10-18-8-7-14-5-6-15(17(20)21)9-16(14)18/h1-9,19H,10-11H2,(H,20,21). The fourth-order valence-corrected chi connectivity index (χ4v) is 2.40. The summed E-state index contributed by atoms with van der Waals surface area (Å²) in [6.07, 6.45) is 1.95. The molecule has 0 atom stereocenters. The second-order valence-corrected chi connectivity index (χ2v) is 5.00.